The van der Waals surface area contributed by atoms with Crippen molar-refractivity contribution in [2.45, 2.75) is 12.6 Å². The summed E-state index contributed by atoms with van der Waals surface area (Å²) in [6, 6.07) is 3.83. The molecule has 16 heavy (non-hydrogen) atoms. The molecule has 0 unspecified atom stereocenters. The average Bonchev–Trinajstić information content (AvgIpc) is 2.10. The largest absolute Gasteiger partial charge is 0.506 e. The van der Waals surface area contributed by atoms with Gasteiger partial charge in [-0.3, -0.25) is 4.90 Å². The number of hydrogen-bond acceptors (Lipinski definition) is 3. The Morgan fingerprint density at radius 3 is 2.69 bits per heavy atom. The van der Waals surface area contributed by atoms with Gasteiger partial charge in [0.05, 0.1) is 5.02 Å². The second-order valence-corrected chi connectivity index (χ2v) is 4.97. The Bertz CT molecular complexity index is 394. The smallest absolute Gasteiger partial charge is 0.138 e. The van der Waals surface area contributed by atoms with Crippen LogP contribution in [-0.4, -0.2) is 36.2 Å². The van der Waals surface area contributed by atoms with E-state index in [0.717, 1.165) is 18.7 Å². The van der Waals surface area contributed by atoms with Crippen LogP contribution in [0.25, 0.3) is 0 Å². The minimum Gasteiger partial charge on any atom is -0.506 e. The van der Waals surface area contributed by atoms with Crippen LogP contribution in [-0.2, 0) is 6.54 Å². The summed E-state index contributed by atoms with van der Waals surface area (Å²) in [5.41, 5.74) is 0.770. The van der Waals surface area contributed by atoms with Gasteiger partial charge in [-0.1, -0.05) is 23.2 Å². The Labute approximate surface area is 105 Å². The van der Waals surface area contributed by atoms with Crippen molar-refractivity contribution in [3.63, 3.8) is 0 Å². The van der Waals surface area contributed by atoms with Crippen molar-refractivity contribution in [3.8, 4) is 5.75 Å². The lowest BCUT2D eigenvalue weighted by atomic mass is 10.1. The first kappa shape index (κ1) is 12.0. The van der Waals surface area contributed by atoms with Crippen molar-refractivity contribution >= 4 is 23.2 Å². The molecular formula is C11H14Cl2N2O. The third kappa shape index (κ3) is 2.43. The van der Waals surface area contributed by atoms with Gasteiger partial charge in [0.25, 0.3) is 0 Å². The van der Waals surface area contributed by atoms with E-state index in [4.69, 9.17) is 23.2 Å². The summed E-state index contributed by atoms with van der Waals surface area (Å²) < 4.78 is 0. The predicted molar refractivity (Wildman–Crippen MR) is 66.3 cm³/mol. The van der Waals surface area contributed by atoms with E-state index in [1.807, 2.05) is 7.05 Å². The first-order valence-corrected chi connectivity index (χ1v) is 5.91. The molecule has 2 rings (SSSR count). The van der Waals surface area contributed by atoms with Crippen LogP contribution in [0, 0.1) is 0 Å². The first-order chi connectivity index (χ1) is 7.58. The van der Waals surface area contributed by atoms with E-state index in [0.29, 0.717) is 22.6 Å². The molecule has 0 saturated carbocycles. The second-order valence-electron chi connectivity index (χ2n) is 4.12. The molecular weight excluding hydrogens is 247 g/mol. The number of nitrogens with zero attached hydrogens (tertiary/aromatic N) is 1. The van der Waals surface area contributed by atoms with Crippen LogP contribution in [0.1, 0.15) is 5.56 Å². The fourth-order valence-corrected chi connectivity index (χ4v) is 2.26. The fraction of sp³-hybridized carbons (Fsp3) is 0.455. The van der Waals surface area contributed by atoms with Gasteiger partial charge in [0.1, 0.15) is 5.75 Å². The van der Waals surface area contributed by atoms with Gasteiger partial charge in [0.15, 0.2) is 0 Å². The second kappa shape index (κ2) is 4.80. The molecule has 1 aliphatic heterocycles. The highest BCUT2D eigenvalue weighted by molar-refractivity contribution is 6.35. The van der Waals surface area contributed by atoms with E-state index >= 15 is 0 Å². The minimum absolute atomic E-state index is 0.130. The number of hydrogen-bond donors (Lipinski definition) is 2. The van der Waals surface area contributed by atoms with Gasteiger partial charge in [-0.05, 0) is 19.2 Å². The normalized spacial score (nSPS) is 16.5. The molecule has 1 aromatic carbocycles. The maximum absolute atomic E-state index is 9.81. The Morgan fingerprint density at radius 2 is 2.12 bits per heavy atom. The Balaban J connectivity index is 2.13. The lowest BCUT2D eigenvalue weighted by molar-refractivity contribution is 0.171. The van der Waals surface area contributed by atoms with Crippen LogP contribution in [0.4, 0.5) is 0 Å². The van der Waals surface area contributed by atoms with Crippen LogP contribution < -0.4 is 5.32 Å². The van der Waals surface area contributed by atoms with Crippen molar-refractivity contribution in [1.29, 1.82) is 0 Å². The van der Waals surface area contributed by atoms with E-state index in [1.54, 1.807) is 12.1 Å². The summed E-state index contributed by atoms with van der Waals surface area (Å²) in [6.45, 7) is 2.63. The van der Waals surface area contributed by atoms with Crippen LogP contribution in [0.3, 0.4) is 0 Å². The monoisotopic (exact) mass is 260 g/mol. The van der Waals surface area contributed by atoms with E-state index < -0.39 is 0 Å². The zero-order valence-corrected chi connectivity index (χ0v) is 10.5. The molecule has 5 heteroatoms. The number of phenols is 1. The van der Waals surface area contributed by atoms with Gasteiger partial charge in [-0.15, -0.1) is 0 Å². The molecule has 0 spiro atoms. The lowest BCUT2D eigenvalue weighted by Crippen LogP contribution is -2.55. The number of nitrogens with one attached hydrogen (secondary N) is 1. The molecule has 0 aliphatic carbocycles. The highest BCUT2D eigenvalue weighted by Gasteiger charge is 2.22. The summed E-state index contributed by atoms with van der Waals surface area (Å²) >= 11 is 11.8. The van der Waals surface area contributed by atoms with Gasteiger partial charge < -0.3 is 10.4 Å². The molecule has 1 aliphatic rings. The van der Waals surface area contributed by atoms with E-state index in [-0.39, 0.29) is 5.75 Å². The minimum atomic E-state index is 0.130. The predicted octanol–water partition coefficient (Wildman–Crippen LogP) is 2.10. The molecule has 0 amide bonds. The quantitative estimate of drug-likeness (QED) is 0.874. The van der Waals surface area contributed by atoms with E-state index in [1.165, 1.54) is 0 Å². The Morgan fingerprint density at radius 1 is 1.44 bits per heavy atom. The third-order valence-electron chi connectivity index (χ3n) is 2.91. The van der Waals surface area contributed by atoms with Crippen molar-refractivity contribution in [2.75, 3.05) is 20.1 Å². The van der Waals surface area contributed by atoms with Crippen molar-refractivity contribution in [2.24, 2.45) is 0 Å². The number of benzene rings is 1. The molecule has 2 N–H and O–H groups in total. The number of aromatic hydroxyl groups is 1. The van der Waals surface area contributed by atoms with Crippen molar-refractivity contribution < 1.29 is 5.11 Å². The standard InChI is InChI=1S/C11H14Cl2N2O/c1-15(9-4-14-5-9)6-7-2-8(12)3-10(13)11(7)16/h2-3,9,14,16H,4-6H2,1H3. The van der Waals surface area contributed by atoms with Crippen LogP contribution in [0.15, 0.2) is 12.1 Å². The average molecular weight is 261 g/mol. The van der Waals surface area contributed by atoms with Gasteiger partial charge in [0, 0.05) is 36.3 Å². The number of rotatable bonds is 3. The molecule has 1 fully saturated rings. The maximum Gasteiger partial charge on any atom is 0.138 e. The van der Waals surface area contributed by atoms with Gasteiger partial charge in [0.2, 0.25) is 0 Å². The Kier molecular flexibility index (Phi) is 3.60. The fourth-order valence-electron chi connectivity index (χ4n) is 1.72. The molecule has 1 saturated heterocycles. The summed E-state index contributed by atoms with van der Waals surface area (Å²) in [4.78, 5) is 2.18. The summed E-state index contributed by atoms with van der Waals surface area (Å²) in [6.07, 6.45) is 0. The van der Waals surface area contributed by atoms with Crippen LogP contribution in [0.2, 0.25) is 10.0 Å². The number of halogens is 2. The number of likely N-dealkylation sites (N-methyl/N-ethyl adjacent to an activating group) is 1. The summed E-state index contributed by atoms with van der Waals surface area (Å²) in [5, 5.41) is 13.9. The molecule has 0 bridgehead atoms. The van der Waals surface area contributed by atoms with Crippen molar-refractivity contribution in [1.82, 2.24) is 10.2 Å². The van der Waals surface area contributed by atoms with E-state index in [2.05, 4.69) is 10.2 Å². The SMILES string of the molecule is CN(Cc1cc(Cl)cc(Cl)c1O)C1CNC1. The number of phenolic OH excluding ortho intramolecular Hbond substituents is 1. The van der Waals surface area contributed by atoms with Gasteiger partial charge in [-0.2, -0.15) is 0 Å². The maximum atomic E-state index is 9.81. The molecule has 1 heterocycles. The zero-order chi connectivity index (χ0) is 11.7. The van der Waals surface area contributed by atoms with Gasteiger partial charge >= 0.3 is 0 Å². The van der Waals surface area contributed by atoms with E-state index in [9.17, 15) is 5.11 Å². The first-order valence-electron chi connectivity index (χ1n) is 5.16. The van der Waals surface area contributed by atoms with Crippen LogP contribution >= 0.6 is 23.2 Å². The molecule has 0 radical (unpaired) electrons. The van der Waals surface area contributed by atoms with Crippen LogP contribution in [0.5, 0.6) is 5.75 Å². The topological polar surface area (TPSA) is 35.5 Å². The lowest BCUT2D eigenvalue weighted by Gasteiger charge is -2.35. The molecule has 0 atom stereocenters. The molecule has 88 valence electrons. The summed E-state index contributed by atoms with van der Waals surface area (Å²) in [7, 11) is 2.03. The zero-order valence-electron chi connectivity index (χ0n) is 9.00. The molecule has 1 aromatic rings. The third-order valence-corrected chi connectivity index (χ3v) is 3.42. The van der Waals surface area contributed by atoms with Crippen molar-refractivity contribution in [3.05, 3.63) is 27.7 Å². The highest BCUT2D eigenvalue weighted by Crippen LogP contribution is 2.32. The summed E-state index contributed by atoms with van der Waals surface area (Å²) in [5.74, 6) is 0.130. The van der Waals surface area contributed by atoms with Gasteiger partial charge in [-0.25, -0.2) is 0 Å². The molecule has 0 aromatic heterocycles. The highest BCUT2D eigenvalue weighted by atomic mass is 35.5. The Hall–Kier alpha value is -0.480. The molecule has 3 nitrogen and oxygen atoms in total.